The molecular weight excluding hydrogens is 379 g/mol. The summed E-state index contributed by atoms with van der Waals surface area (Å²) >= 11 is 0. The summed E-state index contributed by atoms with van der Waals surface area (Å²) in [6.07, 6.45) is 0. The molecule has 0 aliphatic carbocycles. The van der Waals surface area contributed by atoms with Gasteiger partial charge in [0.15, 0.2) is 0 Å². The van der Waals surface area contributed by atoms with Crippen LogP contribution < -0.4 is 5.46 Å². The first-order valence-electron chi connectivity index (χ1n) is 11.3. The molecule has 0 aromatic heterocycles. The van der Waals surface area contributed by atoms with Crippen LogP contribution in [-0.4, -0.2) is 25.8 Å². The van der Waals surface area contributed by atoms with Crippen LogP contribution in [0.15, 0.2) is 42.5 Å². The topological polar surface area (TPSA) is 18.5 Å². The number of benzene rings is 4. The summed E-state index contributed by atoms with van der Waals surface area (Å²) in [5, 5.41) is 7.98. The molecule has 162 valence electrons. The second-order valence-electron chi connectivity index (χ2n) is 11.0. The first-order valence-corrected chi connectivity index (χ1v) is 11.3. The highest BCUT2D eigenvalue weighted by Gasteiger charge is 2.38. The van der Waals surface area contributed by atoms with E-state index < -0.39 is 5.60 Å². The maximum atomic E-state index is 6.46. The second kappa shape index (κ2) is 7.22. The normalized spacial score (nSPS) is 13.6. The van der Waals surface area contributed by atoms with Crippen LogP contribution in [0, 0.1) is 6.92 Å². The number of ether oxygens (including phenoxy) is 1. The van der Waals surface area contributed by atoms with Crippen LogP contribution in [0.4, 0.5) is 0 Å². The first kappa shape index (κ1) is 22.1. The van der Waals surface area contributed by atoms with E-state index in [1.54, 1.807) is 7.11 Å². The van der Waals surface area contributed by atoms with Crippen molar-refractivity contribution in [2.24, 2.45) is 0 Å². The van der Waals surface area contributed by atoms with E-state index in [0.29, 0.717) is 7.48 Å². The number of hydrogen-bond acceptors (Lipinski definition) is 2. The minimum Gasteiger partial charge on any atom is -0.427 e. The van der Waals surface area contributed by atoms with Gasteiger partial charge in [0, 0.05) is 7.11 Å². The van der Waals surface area contributed by atoms with Gasteiger partial charge in [0.05, 0.1) is 11.2 Å². The van der Waals surface area contributed by atoms with Crippen molar-refractivity contribution < 1.29 is 9.39 Å². The number of hydrogen-bond donors (Lipinski definition) is 0. The average Bonchev–Trinajstić information content (AvgIpc) is 2.70. The van der Waals surface area contributed by atoms with Gasteiger partial charge in [0.2, 0.25) is 0 Å². The molecule has 0 N–H and O–H groups in total. The van der Waals surface area contributed by atoms with Crippen molar-refractivity contribution >= 4 is 45.3 Å². The fraction of sp³-hybridized carbons (Fsp3) is 0.429. The van der Waals surface area contributed by atoms with Crippen molar-refractivity contribution in [1.29, 1.82) is 0 Å². The predicted molar refractivity (Wildman–Crippen MR) is 137 cm³/mol. The number of rotatable bonds is 5. The number of methoxy groups -OCH3 is 1. The summed E-state index contributed by atoms with van der Waals surface area (Å²) in [5.74, 6) is 0. The lowest BCUT2D eigenvalue weighted by molar-refractivity contribution is -0.114. The van der Waals surface area contributed by atoms with Crippen molar-refractivity contribution in [3.05, 3.63) is 53.6 Å². The predicted octanol–water partition coefficient (Wildman–Crippen LogP) is 6.39. The molecule has 0 aliphatic heterocycles. The van der Waals surface area contributed by atoms with Crippen LogP contribution in [0.3, 0.4) is 0 Å². The monoisotopic (exact) mass is 414 g/mol. The van der Waals surface area contributed by atoms with E-state index in [0.717, 1.165) is 0 Å². The van der Waals surface area contributed by atoms with Crippen molar-refractivity contribution in [2.45, 2.75) is 72.0 Å². The Labute approximate surface area is 187 Å². The van der Waals surface area contributed by atoms with Crippen LogP contribution in [-0.2, 0) is 14.8 Å². The van der Waals surface area contributed by atoms with Gasteiger partial charge in [-0.3, -0.25) is 0 Å². The average molecular weight is 414 g/mol. The quantitative estimate of drug-likeness (QED) is 0.278. The van der Waals surface area contributed by atoms with Crippen LogP contribution in [0.1, 0.15) is 59.6 Å². The van der Waals surface area contributed by atoms with Gasteiger partial charge in [0.1, 0.15) is 0 Å². The van der Waals surface area contributed by atoms with E-state index in [-0.39, 0.29) is 11.0 Å². The van der Waals surface area contributed by atoms with E-state index in [4.69, 9.17) is 9.39 Å². The summed E-state index contributed by atoms with van der Waals surface area (Å²) < 4.78 is 12.2. The van der Waals surface area contributed by atoms with Crippen molar-refractivity contribution in [2.75, 3.05) is 7.11 Å². The van der Waals surface area contributed by atoms with Gasteiger partial charge in [-0.2, -0.15) is 0 Å². The maximum absolute atomic E-state index is 6.46. The minimum atomic E-state index is -0.415. The Bertz CT molecular complexity index is 1240. The maximum Gasteiger partial charge on any atom is 0.310 e. The van der Waals surface area contributed by atoms with Gasteiger partial charge in [-0.05, 0) is 88.9 Å². The molecule has 0 amide bonds. The lowest BCUT2D eigenvalue weighted by atomic mass is 9.77. The Morgan fingerprint density at radius 3 is 1.84 bits per heavy atom. The molecule has 4 aromatic carbocycles. The van der Waals surface area contributed by atoms with Gasteiger partial charge in [-0.15, -0.1) is 0 Å². The van der Waals surface area contributed by atoms with E-state index in [9.17, 15) is 0 Å². The third-order valence-corrected chi connectivity index (χ3v) is 7.42. The zero-order valence-electron chi connectivity index (χ0n) is 20.6. The van der Waals surface area contributed by atoms with Crippen molar-refractivity contribution in [1.82, 2.24) is 0 Å². The third kappa shape index (κ3) is 3.62. The second-order valence-corrected chi connectivity index (χ2v) is 11.0. The summed E-state index contributed by atoms with van der Waals surface area (Å²) in [4.78, 5) is 0. The van der Waals surface area contributed by atoms with E-state index in [1.165, 1.54) is 48.9 Å². The Kier molecular flexibility index (Phi) is 5.15. The molecule has 0 fully saturated rings. The Morgan fingerprint density at radius 1 is 0.710 bits per heavy atom. The highest BCUT2D eigenvalue weighted by Crippen LogP contribution is 2.38. The molecule has 2 nitrogen and oxygen atoms in total. The van der Waals surface area contributed by atoms with Gasteiger partial charge >= 0.3 is 7.48 Å². The first-order chi connectivity index (χ1) is 14.4. The fourth-order valence-electron chi connectivity index (χ4n) is 4.41. The Hall–Kier alpha value is -2.10. The molecule has 0 atom stereocenters. The van der Waals surface area contributed by atoms with Crippen LogP contribution in [0.2, 0.25) is 0 Å². The van der Waals surface area contributed by atoms with Crippen molar-refractivity contribution in [3.8, 4) is 0 Å². The van der Waals surface area contributed by atoms with Gasteiger partial charge in [-0.1, -0.05) is 63.2 Å². The molecular formula is C28H35BO2. The van der Waals surface area contributed by atoms with E-state index >= 15 is 0 Å². The summed E-state index contributed by atoms with van der Waals surface area (Å²) in [6, 6.07) is 16.2. The molecule has 0 spiro atoms. The molecule has 4 rings (SSSR count). The molecule has 0 unspecified atom stereocenters. The third-order valence-electron chi connectivity index (χ3n) is 7.42. The zero-order valence-corrected chi connectivity index (χ0v) is 20.6. The minimum absolute atomic E-state index is 0.124. The van der Waals surface area contributed by atoms with Gasteiger partial charge < -0.3 is 9.39 Å². The lowest BCUT2D eigenvalue weighted by Gasteiger charge is -2.40. The van der Waals surface area contributed by atoms with Crippen LogP contribution >= 0.6 is 0 Å². The SMILES string of the molecule is COC(C)(C)C(C)(C)OBc1cc(C)c2ccc3cc(C(C)(C)C)cc4ccc1c2c34. The standard InChI is InChI=1S/C28H35BO2/c1-17-14-23(29-31-28(7,8)27(5,6)30-9)22-13-11-19-16-20(26(2,3)4)15-18-10-12-21(17)25(22)24(18)19/h10-16,29H,1-9H3. The molecule has 0 bridgehead atoms. The molecule has 0 aliphatic rings. The van der Waals surface area contributed by atoms with Crippen LogP contribution in [0.5, 0.6) is 0 Å². The molecule has 0 saturated carbocycles. The Morgan fingerprint density at radius 2 is 1.29 bits per heavy atom. The number of aryl methyl sites for hydroxylation is 1. The molecule has 0 heterocycles. The van der Waals surface area contributed by atoms with E-state index in [2.05, 4.69) is 97.9 Å². The highest BCUT2D eigenvalue weighted by atomic mass is 16.5. The van der Waals surface area contributed by atoms with Crippen molar-refractivity contribution in [3.63, 3.8) is 0 Å². The Balaban J connectivity index is 1.90. The highest BCUT2D eigenvalue weighted by molar-refractivity contribution is 6.53. The molecule has 3 heteroatoms. The molecule has 31 heavy (non-hydrogen) atoms. The molecule has 0 radical (unpaired) electrons. The van der Waals surface area contributed by atoms with Gasteiger partial charge in [0.25, 0.3) is 0 Å². The van der Waals surface area contributed by atoms with Gasteiger partial charge in [-0.25, -0.2) is 0 Å². The lowest BCUT2D eigenvalue weighted by Crippen LogP contribution is -2.50. The smallest absolute Gasteiger partial charge is 0.310 e. The fourth-order valence-corrected chi connectivity index (χ4v) is 4.41. The largest absolute Gasteiger partial charge is 0.427 e. The summed E-state index contributed by atoms with van der Waals surface area (Å²) in [7, 11) is 2.30. The molecule has 0 saturated heterocycles. The zero-order chi connectivity index (χ0) is 22.8. The van der Waals surface area contributed by atoms with Crippen LogP contribution in [0.25, 0.3) is 32.3 Å². The molecule has 4 aromatic rings. The van der Waals surface area contributed by atoms with E-state index in [1.807, 2.05) is 0 Å². The summed E-state index contributed by atoms with van der Waals surface area (Å²) in [6.45, 7) is 17.4. The summed E-state index contributed by atoms with van der Waals surface area (Å²) in [5.41, 5.74) is 3.24.